The standard InChI is InChI=1S/C20H13N3O3S/c1-10-11(2)27-19-16(10)20(26)23-9-13(7-12(8-21)18(23)22-19)17(25)14-5-3-4-6-15(14)24/h3-7,9,24H,1-2H3. The molecule has 0 unspecified atom stereocenters. The first-order chi connectivity index (χ1) is 12.9. The Morgan fingerprint density at radius 2 is 2.04 bits per heavy atom. The molecule has 7 heteroatoms. The smallest absolute Gasteiger partial charge is 0.266 e. The Kier molecular flexibility index (Phi) is 3.79. The number of aromatic nitrogens is 2. The van der Waals surface area contributed by atoms with Crippen molar-refractivity contribution in [1.29, 1.82) is 5.26 Å². The molecule has 27 heavy (non-hydrogen) atoms. The Morgan fingerprint density at radius 1 is 1.30 bits per heavy atom. The third-order valence-corrected chi connectivity index (χ3v) is 5.68. The monoisotopic (exact) mass is 375 g/mol. The van der Waals surface area contributed by atoms with E-state index in [0.29, 0.717) is 10.2 Å². The summed E-state index contributed by atoms with van der Waals surface area (Å²) in [6.07, 6.45) is 1.38. The summed E-state index contributed by atoms with van der Waals surface area (Å²) in [5.74, 6) is -0.636. The summed E-state index contributed by atoms with van der Waals surface area (Å²) >= 11 is 1.40. The zero-order valence-corrected chi connectivity index (χ0v) is 15.3. The highest BCUT2D eigenvalue weighted by Crippen LogP contribution is 2.27. The Hall–Kier alpha value is -3.50. The van der Waals surface area contributed by atoms with E-state index in [0.717, 1.165) is 10.4 Å². The summed E-state index contributed by atoms with van der Waals surface area (Å²) in [7, 11) is 0. The predicted octanol–water partition coefficient (Wildman–Crippen LogP) is 3.33. The molecule has 0 bridgehead atoms. The minimum absolute atomic E-state index is 0.102. The van der Waals surface area contributed by atoms with Gasteiger partial charge in [-0.15, -0.1) is 11.3 Å². The molecule has 0 spiro atoms. The van der Waals surface area contributed by atoms with E-state index in [-0.39, 0.29) is 33.6 Å². The third-order valence-electron chi connectivity index (χ3n) is 4.58. The normalized spacial score (nSPS) is 11.0. The molecule has 6 nitrogen and oxygen atoms in total. The lowest BCUT2D eigenvalue weighted by atomic mass is 10.0. The van der Waals surface area contributed by atoms with Gasteiger partial charge in [0.05, 0.1) is 16.5 Å². The molecule has 0 aliphatic heterocycles. The molecule has 132 valence electrons. The SMILES string of the molecule is Cc1sc2nc3c(C#N)cc(C(=O)c4ccccc4O)cn3c(=O)c2c1C. The fraction of sp³-hybridized carbons (Fsp3) is 0.100. The van der Waals surface area contributed by atoms with E-state index in [1.165, 1.54) is 40.1 Å². The van der Waals surface area contributed by atoms with Gasteiger partial charge < -0.3 is 5.11 Å². The first-order valence-corrected chi connectivity index (χ1v) is 8.93. The zero-order chi connectivity index (χ0) is 19.3. The number of carbonyl (C=O) groups is 1. The number of aryl methyl sites for hydroxylation is 2. The second-order valence-electron chi connectivity index (χ2n) is 6.17. The minimum Gasteiger partial charge on any atom is -0.507 e. The van der Waals surface area contributed by atoms with Crippen molar-refractivity contribution in [3.8, 4) is 11.8 Å². The Bertz CT molecular complexity index is 1360. The van der Waals surface area contributed by atoms with Crippen LogP contribution in [-0.4, -0.2) is 20.3 Å². The summed E-state index contributed by atoms with van der Waals surface area (Å²) in [5.41, 5.74) is 1.10. The number of hydrogen-bond acceptors (Lipinski definition) is 6. The maximum atomic E-state index is 13.0. The van der Waals surface area contributed by atoms with Gasteiger partial charge >= 0.3 is 0 Å². The van der Waals surface area contributed by atoms with E-state index >= 15 is 0 Å². The molecule has 4 aromatic rings. The molecule has 1 aromatic carbocycles. The number of thiophene rings is 1. The van der Waals surface area contributed by atoms with Gasteiger partial charge in [0.25, 0.3) is 5.56 Å². The first-order valence-electron chi connectivity index (χ1n) is 8.11. The lowest BCUT2D eigenvalue weighted by Crippen LogP contribution is -2.18. The van der Waals surface area contributed by atoms with Crippen molar-refractivity contribution < 1.29 is 9.90 Å². The van der Waals surface area contributed by atoms with Crippen LogP contribution in [0.25, 0.3) is 15.9 Å². The highest BCUT2D eigenvalue weighted by atomic mass is 32.1. The molecule has 3 heterocycles. The molecule has 0 saturated carbocycles. The van der Waals surface area contributed by atoms with Crippen LogP contribution in [0.5, 0.6) is 5.75 Å². The number of nitriles is 1. The van der Waals surface area contributed by atoms with Gasteiger partial charge in [-0.1, -0.05) is 12.1 Å². The number of phenolic OH excluding ortho intramolecular Hbond substituents is 1. The third kappa shape index (κ3) is 2.50. The first kappa shape index (κ1) is 16.9. The Balaban J connectivity index is 2.06. The van der Waals surface area contributed by atoms with Gasteiger partial charge in [0.15, 0.2) is 11.4 Å². The number of aromatic hydroxyl groups is 1. The van der Waals surface area contributed by atoms with Crippen molar-refractivity contribution in [2.45, 2.75) is 13.8 Å². The molecule has 0 radical (unpaired) electrons. The van der Waals surface area contributed by atoms with Gasteiger partial charge in [-0.3, -0.25) is 14.0 Å². The maximum Gasteiger partial charge on any atom is 0.266 e. The highest BCUT2D eigenvalue weighted by Gasteiger charge is 2.19. The fourth-order valence-electron chi connectivity index (χ4n) is 3.04. The van der Waals surface area contributed by atoms with Crippen molar-refractivity contribution in [1.82, 2.24) is 9.38 Å². The van der Waals surface area contributed by atoms with Gasteiger partial charge in [-0.25, -0.2) is 4.98 Å². The number of carbonyl (C=O) groups excluding carboxylic acids is 1. The van der Waals surface area contributed by atoms with Crippen LogP contribution >= 0.6 is 11.3 Å². The van der Waals surface area contributed by atoms with Crippen LogP contribution in [0, 0.1) is 25.2 Å². The number of rotatable bonds is 2. The molecule has 0 amide bonds. The fourth-order valence-corrected chi connectivity index (χ4v) is 4.06. The Morgan fingerprint density at radius 3 is 2.74 bits per heavy atom. The van der Waals surface area contributed by atoms with Crippen LogP contribution in [0.2, 0.25) is 0 Å². The molecule has 0 aliphatic rings. The molecular weight excluding hydrogens is 362 g/mol. The highest BCUT2D eigenvalue weighted by molar-refractivity contribution is 7.18. The molecular formula is C20H13N3O3S. The molecule has 4 rings (SSSR count). The number of ketones is 1. The molecule has 1 N–H and O–H groups in total. The van der Waals surface area contributed by atoms with Crippen LogP contribution in [0.3, 0.4) is 0 Å². The lowest BCUT2D eigenvalue weighted by molar-refractivity contribution is 0.103. The van der Waals surface area contributed by atoms with E-state index in [4.69, 9.17) is 0 Å². The van der Waals surface area contributed by atoms with Crippen LogP contribution in [0.15, 0.2) is 41.3 Å². The average Bonchev–Trinajstić information content (AvgIpc) is 2.95. The second-order valence-corrected chi connectivity index (χ2v) is 7.38. The van der Waals surface area contributed by atoms with E-state index < -0.39 is 5.78 Å². The number of phenols is 1. The number of fused-ring (bicyclic) bond motifs is 2. The quantitative estimate of drug-likeness (QED) is 0.542. The van der Waals surface area contributed by atoms with E-state index in [2.05, 4.69) is 4.98 Å². The van der Waals surface area contributed by atoms with Gasteiger partial charge in [0.2, 0.25) is 0 Å². The second kappa shape index (κ2) is 6.04. The molecule has 0 aliphatic carbocycles. The minimum atomic E-state index is -0.475. The zero-order valence-electron chi connectivity index (χ0n) is 14.5. The van der Waals surface area contributed by atoms with Crippen molar-refractivity contribution in [2.75, 3.05) is 0 Å². The molecule has 3 aromatic heterocycles. The maximum absolute atomic E-state index is 13.0. The predicted molar refractivity (Wildman–Crippen MR) is 103 cm³/mol. The van der Waals surface area contributed by atoms with Crippen LogP contribution < -0.4 is 5.56 Å². The summed E-state index contributed by atoms with van der Waals surface area (Å²) in [6.45, 7) is 3.76. The van der Waals surface area contributed by atoms with Crippen molar-refractivity contribution in [3.05, 3.63) is 74.0 Å². The van der Waals surface area contributed by atoms with Crippen molar-refractivity contribution in [3.63, 3.8) is 0 Å². The van der Waals surface area contributed by atoms with Crippen LogP contribution in [0.4, 0.5) is 0 Å². The Labute approximate surface area is 157 Å². The number of pyridine rings is 1. The summed E-state index contributed by atoms with van der Waals surface area (Å²) in [6, 6.07) is 9.56. The van der Waals surface area contributed by atoms with Crippen LogP contribution in [0.1, 0.15) is 31.9 Å². The van der Waals surface area contributed by atoms with Crippen LogP contribution in [-0.2, 0) is 0 Å². The summed E-state index contributed by atoms with van der Waals surface area (Å²) < 4.78 is 1.24. The summed E-state index contributed by atoms with van der Waals surface area (Å²) in [4.78, 5) is 31.9. The number of benzene rings is 1. The molecule has 0 saturated heterocycles. The van der Waals surface area contributed by atoms with Gasteiger partial charge in [-0.05, 0) is 37.6 Å². The van der Waals surface area contributed by atoms with E-state index in [9.17, 15) is 20.0 Å². The van der Waals surface area contributed by atoms with Gasteiger partial charge in [0, 0.05) is 16.6 Å². The molecule has 0 atom stereocenters. The number of hydrogen-bond donors (Lipinski definition) is 1. The lowest BCUT2D eigenvalue weighted by Gasteiger charge is -2.08. The average molecular weight is 375 g/mol. The van der Waals surface area contributed by atoms with Crippen molar-refractivity contribution in [2.24, 2.45) is 0 Å². The van der Waals surface area contributed by atoms with Gasteiger partial charge in [-0.2, -0.15) is 5.26 Å². The largest absolute Gasteiger partial charge is 0.507 e. The van der Waals surface area contributed by atoms with Gasteiger partial charge in [0.1, 0.15) is 16.6 Å². The van der Waals surface area contributed by atoms with E-state index in [1.807, 2.05) is 19.9 Å². The topological polar surface area (TPSA) is 95.5 Å². The van der Waals surface area contributed by atoms with E-state index in [1.54, 1.807) is 12.1 Å². The summed E-state index contributed by atoms with van der Waals surface area (Å²) in [5, 5.41) is 20.0. The van der Waals surface area contributed by atoms with Crippen molar-refractivity contribution >= 4 is 33.0 Å². The molecule has 0 fully saturated rings. The number of para-hydroxylation sites is 1. The number of nitrogens with zero attached hydrogens (tertiary/aromatic N) is 3.